The van der Waals surface area contributed by atoms with Crippen LogP contribution in [0.1, 0.15) is 40.8 Å². The number of nitrogens with zero attached hydrogens (tertiary/aromatic N) is 3. The van der Waals surface area contributed by atoms with Crippen molar-refractivity contribution < 1.29 is 9.90 Å². The fourth-order valence-electron chi connectivity index (χ4n) is 3.51. The number of amides is 1. The maximum Gasteiger partial charge on any atom is 0.270 e. The number of aromatic nitrogens is 3. The first-order valence-corrected chi connectivity index (χ1v) is 8.95. The molecule has 1 aliphatic carbocycles. The Hall–Kier alpha value is -2.44. The van der Waals surface area contributed by atoms with Crippen molar-refractivity contribution in [2.24, 2.45) is 5.92 Å². The molecule has 7 heteroatoms. The smallest absolute Gasteiger partial charge is 0.270 e. The Labute approximate surface area is 155 Å². The fourth-order valence-corrected chi connectivity index (χ4v) is 3.68. The van der Waals surface area contributed by atoms with Gasteiger partial charge in [-0.1, -0.05) is 17.7 Å². The molecule has 0 spiro atoms. The summed E-state index contributed by atoms with van der Waals surface area (Å²) in [4.78, 5) is 21.9. The van der Waals surface area contributed by atoms with Crippen LogP contribution >= 0.6 is 11.6 Å². The van der Waals surface area contributed by atoms with E-state index in [1.54, 1.807) is 35.9 Å². The highest BCUT2D eigenvalue weighted by atomic mass is 35.5. The number of halogens is 1. The largest absolute Gasteiger partial charge is 0.393 e. The molecule has 2 N–H and O–H groups in total. The van der Waals surface area contributed by atoms with Gasteiger partial charge in [-0.2, -0.15) is 0 Å². The van der Waals surface area contributed by atoms with E-state index >= 15 is 0 Å². The molecule has 0 aromatic carbocycles. The molecule has 6 nitrogen and oxygen atoms in total. The maximum absolute atomic E-state index is 13.1. The van der Waals surface area contributed by atoms with Crippen molar-refractivity contribution in [2.75, 3.05) is 0 Å². The van der Waals surface area contributed by atoms with Crippen molar-refractivity contribution in [1.82, 2.24) is 19.7 Å². The number of hydrogen-bond acceptors (Lipinski definition) is 4. The molecule has 1 fully saturated rings. The quantitative estimate of drug-likeness (QED) is 0.740. The van der Waals surface area contributed by atoms with Crippen LogP contribution in [-0.4, -0.2) is 31.5 Å². The third-order valence-electron chi connectivity index (χ3n) is 4.89. The molecule has 4 rings (SSSR count). The van der Waals surface area contributed by atoms with Gasteiger partial charge in [-0.05, 0) is 49.9 Å². The lowest BCUT2D eigenvalue weighted by Gasteiger charge is -2.37. The van der Waals surface area contributed by atoms with Crippen LogP contribution in [-0.2, 0) is 0 Å². The number of carbonyl (C=O) groups is 1. The average Bonchev–Trinajstić information content (AvgIpc) is 2.93. The minimum Gasteiger partial charge on any atom is -0.393 e. The van der Waals surface area contributed by atoms with E-state index in [-0.39, 0.29) is 24.0 Å². The van der Waals surface area contributed by atoms with E-state index in [9.17, 15) is 9.90 Å². The van der Waals surface area contributed by atoms with Crippen LogP contribution in [0.15, 0.2) is 42.7 Å². The zero-order valence-electron chi connectivity index (χ0n) is 14.3. The van der Waals surface area contributed by atoms with E-state index < -0.39 is 0 Å². The van der Waals surface area contributed by atoms with Gasteiger partial charge in [-0.25, -0.2) is 4.98 Å². The summed E-state index contributed by atoms with van der Waals surface area (Å²) in [7, 11) is 0. The van der Waals surface area contributed by atoms with E-state index in [4.69, 9.17) is 11.6 Å². The van der Waals surface area contributed by atoms with Crippen LogP contribution in [0.4, 0.5) is 0 Å². The number of rotatable bonds is 4. The van der Waals surface area contributed by atoms with Gasteiger partial charge in [-0.3, -0.25) is 14.2 Å². The molecular weight excluding hydrogens is 352 g/mol. The Morgan fingerprint density at radius 1 is 1.35 bits per heavy atom. The minimum atomic E-state index is -0.306. The average molecular weight is 371 g/mol. The van der Waals surface area contributed by atoms with Crippen LogP contribution in [0.3, 0.4) is 0 Å². The molecular formula is C19H19ClN4O2. The van der Waals surface area contributed by atoms with Crippen molar-refractivity contribution in [3.05, 3.63) is 64.8 Å². The Bertz CT molecular complexity index is 951. The Morgan fingerprint density at radius 3 is 2.85 bits per heavy atom. The van der Waals surface area contributed by atoms with Crippen molar-refractivity contribution in [2.45, 2.75) is 31.9 Å². The lowest BCUT2D eigenvalue weighted by atomic mass is 9.76. The van der Waals surface area contributed by atoms with Crippen molar-refractivity contribution in [1.29, 1.82) is 0 Å². The third-order valence-corrected chi connectivity index (χ3v) is 5.11. The number of imidazole rings is 1. The molecule has 1 saturated carbocycles. The first-order valence-electron chi connectivity index (χ1n) is 8.57. The lowest BCUT2D eigenvalue weighted by molar-refractivity contribution is 0.0227. The molecule has 1 atom stereocenters. The highest BCUT2D eigenvalue weighted by molar-refractivity contribution is 6.30. The Morgan fingerprint density at radius 2 is 2.15 bits per heavy atom. The molecule has 0 radical (unpaired) electrons. The van der Waals surface area contributed by atoms with Crippen molar-refractivity contribution >= 4 is 23.2 Å². The van der Waals surface area contributed by atoms with Gasteiger partial charge in [-0.15, -0.1) is 0 Å². The Kier molecular flexibility index (Phi) is 4.38. The van der Waals surface area contributed by atoms with Crippen molar-refractivity contribution in [3.63, 3.8) is 0 Å². The van der Waals surface area contributed by atoms with Gasteiger partial charge in [0.1, 0.15) is 11.3 Å². The molecule has 0 unspecified atom stereocenters. The van der Waals surface area contributed by atoms with E-state index in [0.717, 1.165) is 5.69 Å². The number of fused-ring (bicyclic) bond motifs is 1. The van der Waals surface area contributed by atoms with Gasteiger partial charge in [0.25, 0.3) is 5.91 Å². The summed E-state index contributed by atoms with van der Waals surface area (Å²) in [6, 6.07) is 8.91. The van der Waals surface area contributed by atoms with Crippen LogP contribution in [0.5, 0.6) is 0 Å². The van der Waals surface area contributed by atoms with Gasteiger partial charge in [0, 0.05) is 12.4 Å². The fraction of sp³-hybridized carbons (Fsp3) is 0.316. The SMILES string of the molecule is Cc1nc2ccc(Cl)cn2c1C(=O)N[C@@H](c1ccccn1)C1CC(O)C1. The second-order valence-corrected chi connectivity index (χ2v) is 7.15. The lowest BCUT2D eigenvalue weighted by Crippen LogP contribution is -2.42. The predicted molar refractivity (Wildman–Crippen MR) is 98.1 cm³/mol. The van der Waals surface area contributed by atoms with Crippen molar-refractivity contribution in [3.8, 4) is 0 Å². The van der Waals surface area contributed by atoms with Gasteiger partial charge < -0.3 is 10.4 Å². The molecule has 0 bridgehead atoms. The standard InChI is InChI=1S/C19H19ClN4O2/c1-11-18(24-10-13(20)5-6-16(24)22-11)19(26)23-17(12-8-14(25)9-12)15-4-2-3-7-21-15/h2-7,10,12,14,17,25H,8-9H2,1H3,(H,23,26)/t12?,14?,17-/m1/s1. The summed E-state index contributed by atoms with van der Waals surface area (Å²) in [6.07, 6.45) is 4.40. The van der Waals surface area contributed by atoms with Gasteiger partial charge in [0.2, 0.25) is 0 Å². The van der Waals surface area contributed by atoms with Gasteiger partial charge in [0.15, 0.2) is 0 Å². The van der Waals surface area contributed by atoms with E-state index in [1.165, 1.54) is 0 Å². The molecule has 0 aliphatic heterocycles. The summed E-state index contributed by atoms with van der Waals surface area (Å²) in [5.41, 5.74) is 2.56. The summed E-state index contributed by atoms with van der Waals surface area (Å²) >= 11 is 6.09. The number of nitrogens with one attached hydrogen (secondary N) is 1. The van der Waals surface area contributed by atoms with Crippen LogP contribution in [0, 0.1) is 12.8 Å². The van der Waals surface area contributed by atoms with E-state index in [0.29, 0.717) is 34.9 Å². The maximum atomic E-state index is 13.1. The molecule has 1 amide bonds. The summed E-state index contributed by atoms with van der Waals surface area (Å²) < 4.78 is 1.71. The number of aliphatic hydroxyl groups is 1. The highest BCUT2D eigenvalue weighted by Gasteiger charge is 2.37. The second kappa shape index (κ2) is 6.70. The van der Waals surface area contributed by atoms with Gasteiger partial charge in [0.05, 0.1) is 28.6 Å². The monoisotopic (exact) mass is 370 g/mol. The molecule has 134 valence electrons. The molecule has 3 aromatic heterocycles. The summed E-state index contributed by atoms with van der Waals surface area (Å²) in [6.45, 7) is 1.80. The van der Waals surface area contributed by atoms with Crippen LogP contribution in [0.25, 0.3) is 5.65 Å². The number of hydrogen-bond donors (Lipinski definition) is 2. The number of pyridine rings is 2. The second-order valence-electron chi connectivity index (χ2n) is 6.71. The zero-order chi connectivity index (χ0) is 18.3. The van der Waals surface area contributed by atoms with E-state index in [1.807, 2.05) is 18.2 Å². The minimum absolute atomic E-state index is 0.159. The number of carbonyl (C=O) groups excluding carboxylic acids is 1. The van der Waals surface area contributed by atoms with Crippen LogP contribution < -0.4 is 5.32 Å². The first kappa shape index (κ1) is 17.0. The summed E-state index contributed by atoms with van der Waals surface area (Å²) in [5, 5.41) is 13.3. The third kappa shape index (κ3) is 3.06. The molecule has 0 saturated heterocycles. The van der Waals surface area contributed by atoms with Crippen LogP contribution in [0.2, 0.25) is 5.02 Å². The topological polar surface area (TPSA) is 79.5 Å². The molecule has 3 aromatic rings. The van der Waals surface area contributed by atoms with Gasteiger partial charge >= 0.3 is 0 Å². The Balaban J connectivity index is 1.67. The highest BCUT2D eigenvalue weighted by Crippen LogP contribution is 2.37. The number of aliphatic hydroxyl groups excluding tert-OH is 1. The summed E-state index contributed by atoms with van der Waals surface area (Å²) in [5.74, 6) is -0.0683. The molecule has 26 heavy (non-hydrogen) atoms. The molecule has 3 heterocycles. The normalized spacial score (nSPS) is 20.6. The zero-order valence-corrected chi connectivity index (χ0v) is 15.0. The molecule has 1 aliphatic rings. The number of aryl methyl sites for hydroxylation is 1. The van der Waals surface area contributed by atoms with E-state index in [2.05, 4.69) is 15.3 Å². The predicted octanol–water partition coefficient (Wildman–Crippen LogP) is 2.93. The first-order chi connectivity index (χ1) is 12.5.